The third-order valence-corrected chi connectivity index (χ3v) is 5.73. The monoisotopic (exact) mass is 343 g/mol. The first kappa shape index (κ1) is 18.1. The maximum atomic E-state index is 12.6. The number of likely N-dealkylation sites (N-methyl/N-ethyl adjacent to an activating group) is 1. The van der Waals surface area contributed by atoms with E-state index in [-0.39, 0.29) is 11.0 Å². The molecule has 1 aromatic heterocycles. The second kappa shape index (κ2) is 8.05. The van der Waals surface area contributed by atoms with Crippen molar-refractivity contribution >= 4 is 10.0 Å². The Morgan fingerprint density at radius 1 is 1.26 bits per heavy atom. The van der Waals surface area contributed by atoms with Gasteiger partial charge in [-0.2, -0.15) is 4.31 Å². The summed E-state index contributed by atoms with van der Waals surface area (Å²) in [7, 11) is -1.89. The highest BCUT2D eigenvalue weighted by atomic mass is 32.2. The molecule has 0 radical (unpaired) electrons. The van der Waals surface area contributed by atoms with Crippen LogP contribution in [0, 0.1) is 0 Å². The maximum Gasteiger partial charge on any atom is 0.244 e. The van der Waals surface area contributed by atoms with E-state index in [1.807, 2.05) is 6.92 Å². The molecule has 1 aliphatic heterocycles. The summed E-state index contributed by atoms with van der Waals surface area (Å²) in [5.41, 5.74) is 0. The van der Waals surface area contributed by atoms with Gasteiger partial charge < -0.3 is 14.4 Å². The minimum Gasteiger partial charge on any atom is -0.472 e. The minimum absolute atomic E-state index is 0.142. The molecule has 2 heterocycles. The molecule has 8 heteroatoms. The van der Waals surface area contributed by atoms with Crippen LogP contribution >= 0.6 is 0 Å². The highest BCUT2D eigenvalue weighted by Gasteiger charge is 2.28. The van der Waals surface area contributed by atoms with Crippen LogP contribution in [0.15, 0.2) is 23.2 Å². The number of rotatable bonds is 7. The van der Waals surface area contributed by atoms with Crippen LogP contribution in [0.2, 0.25) is 0 Å². The van der Waals surface area contributed by atoms with Gasteiger partial charge in [-0.05, 0) is 19.5 Å². The molecule has 23 heavy (non-hydrogen) atoms. The quantitative estimate of drug-likeness (QED) is 0.730. The van der Waals surface area contributed by atoms with Gasteiger partial charge in [-0.3, -0.25) is 0 Å². The molecule has 0 aliphatic carbocycles. The smallest absolute Gasteiger partial charge is 0.244 e. The molecular formula is C15H25N3O4S. The molecule has 1 saturated heterocycles. The maximum absolute atomic E-state index is 12.6. The van der Waals surface area contributed by atoms with Crippen molar-refractivity contribution in [1.29, 1.82) is 0 Å². The number of aromatic nitrogens is 1. The molecule has 0 spiro atoms. The third-order valence-electron chi connectivity index (χ3n) is 3.85. The Kier molecular flexibility index (Phi) is 6.34. The SMILES string of the molecule is CCN1CCN(S(=O)(=O)c2ccc(O[C@H](C)COC)nc2)CC1. The van der Waals surface area contributed by atoms with Crippen LogP contribution in [0.5, 0.6) is 5.88 Å². The van der Waals surface area contributed by atoms with Gasteiger partial charge in [0.15, 0.2) is 0 Å². The van der Waals surface area contributed by atoms with E-state index in [1.165, 1.54) is 10.5 Å². The first-order chi connectivity index (χ1) is 11.0. The molecule has 1 fully saturated rings. The number of piperazine rings is 1. The van der Waals surface area contributed by atoms with Crippen LogP contribution in [-0.2, 0) is 14.8 Å². The van der Waals surface area contributed by atoms with Crippen molar-refractivity contribution in [3.8, 4) is 5.88 Å². The second-order valence-corrected chi connectivity index (χ2v) is 7.49. The lowest BCUT2D eigenvalue weighted by Gasteiger charge is -2.33. The molecule has 130 valence electrons. The highest BCUT2D eigenvalue weighted by molar-refractivity contribution is 7.89. The summed E-state index contributed by atoms with van der Waals surface area (Å²) >= 11 is 0. The first-order valence-corrected chi connectivity index (χ1v) is 9.25. The fourth-order valence-corrected chi connectivity index (χ4v) is 3.87. The molecule has 7 nitrogen and oxygen atoms in total. The van der Waals surface area contributed by atoms with Crippen LogP contribution in [0.3, 0.4) is 0 Å². The Morgan fingerprint density at radius 3 is 2.48 bits per heavy atom. The van der Waals surface area contributed by atoms with Crippen LogP contribution in [0.1, 0.15) is 13.8 Å². The van der Waals surface area contributed by atoms with Gasteiger partial charge in [0, 0.05) is 39.4 Å². The van der Waals surface area contributed by atoms with E-state index in [0.29, 0.717) is 25.6 Å². The van der Waals surface area contributed by atoms with E-state index < -0.39 is 10.0 Å². The summed E-state index contributed by atoms with van der Waals surface area (Å²) < 4.78 is 37.3. The standard InChI is InChI=1S/C15H25N3O4S/c1-4-17-7-9-18(10-8-17)23(19,20)14-5-6-15(16-11-14)22-13(2)12-21-3/h5-6,11,13H,4,7-10,12H2,1-3H3/t13-/m1/s1. The van der Waals surface area contributed by atoms with Gasteiger partial charge in [-0.25, -0.2) is 13.4 Å². The van der Waals surface area contributed by atoms with Crippen molar-refractivity contribution in [2.75, 3.05) is 46.4 Å². The van der Waals surface area contributed by atoms with Crippen molar-refractivity contribution in [3.05, 3.63) is 18.3 Å². The topological polar surface area (TPSA) is 72.0 Å². The molecule has 0 N–H and O–H groups in total. The molecule has 2 rings (SSSR count). The zero-order chi connectivity index (χ0) is 16.9. The average Bonchev–Trinajstić information content (AvgIpc) is 2.55. The lowest BCUT2D eigenvalue weighted by atomic mass is 10.4. The van der Waals surface area contributed by atoms with Gasteiger partial charge in [0.2, 0.25) is 15.9 Å². The number of hydrogen-bond donors (Lipinski definition) is 0. The summed E-state index contributed by atoms with van der Waals surface area (Å²) in [4.78, 5) is 6.54. The van der Waals surface area contributed by atoms with Crippen molar-refractivity contribution < 1.29 is 17.9 Å². The van der Waals surface area contributed by atoms with Crippen LogP contribution < -0.4 is 4.74 Å². The molecule has 0 saturated carbocycles. The summed E-state index contributed by atoms with van der Waals surface area (Å²) in [5, 5.41) is 0. The van der Waals surface area contributed by atoms with Crippen LogP contribution in [0.4, 0.5) is 0 Å². The van der Waals surface area contributed by atoms with Gasteiger partial charge in [-0.1, -0.05) is 6.92 Å². The predicted molar refractivity (Wildman–Crippen MR) is 87.1 cm³/mol. The van der Waals surface area contributed by atoms with E-state index in [1.54, 1.807) is 19.2 Å². The molecule has 0 unspecified atom stereocenters. The summed E-state index contributed by atoms with van der Waals surface area (Å²) in [5.74, 6) is 0.393. The van der Waals surface area contributed by atoms with E-state index in [4.69, 9.17) is 9.47 Å². The minimum atomic E-state index is -3.49. The van der Waals surface area contributed by atoms with Gasteiger partial charge in [-0.15, -0.1) is 0 Å². The number of nitrogens with zero attached hydrogens (tertiary/aromatic N) is 3. The Morgan fingerprint density at radius 2 is 1.96 bits per heavy atom. The summed E-state index contributed by atoms with van der Waals surface area (Å²) in [6, 6.07) is 3.13. The average molecular weight is 343 g/mol. The summed E-state index contributed by atoms with van der Waals surface area (Å²) in [6.07, 6.45) is 1.22. The predicted octanol–water partition coefficient (Wildman–Crippen LogP) is 0.821. The largest absolute Gasteiger partial charge is 0.472 e. The molecule has 1 atom stereocenters. The second-order valence-electron chi connectivity index (χ2n) is 5.55. The first-order valence-electron chi connectivity index (χ1n) is 7.81. The highest BCUT2D eigenvalue weighted by Crippen LogP contribution is 2.19. The zero-order valence-electron chi connectivity index (χ0n) is 13.9. The van der Waals surface area contributed by atoms with E-state index in [0.717, 1.165) is 19.6 Å². The van der Waals surface area contributed by atoms with Gasteiger partial charge in [0.1, 0.15) is 11.0 Å². The van der Waals surface area contributed by atoms with Crippen molar-refractivity contribution in [2.45, 2.75) is 24.8 Å². The fourth-order valence-electron chi connectivity index (χ4n) is 2.50. The molecule has 1 aromatic rings. The van der Waals surface area contributed by atoms with Crippen molar-refractivity contribution in [1.82, 2.24) is 14.2 Å². The van der Waals surface area contributed by atoms with E-state index in [2.05, 4.69) is 16.8 Å². The van der Waals surface area contributed by atoms with Crippen molar-refractivity contribution in [2.24, 2.45) is 0 Å². The van der Waals surface area contributed by atoms with Crippen molar-refractivity contribution in [3.63, 3.8) is 0 Å². The van der Waals surface area contributed by atoms with Gasteiger partial charge in [0.25, 0.3) is 0 Å². The summed E-state index contributed by atoms with van der Waals surface area (Å²) in [6.45, 7) is 7.89. The molecule has 0 bridgehead atoms. The third kappa shape index (κ3) is 4.63. The number of pyridine rings is 1. The Bertz CT molecular complexity index is 583. The number of sulfonamides is 1. The molecular weight excluding hydrogens is 318 g/mol. The van der Waals surface area contributed by atoms with E-state index >= 15 is 0 Å². The lowest BCUT2D eigenvalue weighted by Crippen LogP contribution is -2.48. The van der Waals surface area contributed by atoms with Gasteiger partial charge >= 0.3 is 0 Å². The normalized spacial score (nSPS) is 18.7. The lowest BCUT2D eigenvalue weighted by molar-refractivity contribution is 0.0889. The molecule has 0 aromatic carbocycles. The zero-order valence-corrected chi connectivity index (χ0v) is 14.8. The molecule has 1 aliphatic rings. The number of methoxy groups -OCH3 is 1. The van der Waals surface area contributed by atoms with Gasteiger partial charge in [0.05, 0.1) is 12.8 Å². The van der Waals surface area contributed by atoms with Crippen LogP contribution in [0.25, 0.3) is 0 Å². The number of hydrogen-bond acceptors (Lipinski definition) is 6. The Hall–Kier alpha value is -1.22. The fraction of sp³-hybridized carbons (Fsp3) is 0.667. The van der Waals surface area contributed by atoms with E-state index in [9.17, 15) is 8.42 Å². The van der Waals surface area contributed by atoms with Crippen LogP contribution in [-0.4, -0.2) is 75.2 Å². The Balaban J connectivity index is 2.03. The Labute approximate surface area is 138 Å². The number of ether oxygens (including phenoxy) is 2. The molecule has 0 amide bonds.